The Hall–Kier alpha value is -0.0400. The van der Waals surface area contributed by atoms with Gasteiger partial charge in [-0.05, 0) is 25.8 Å². The Bertz CT molecular complexity index is 101. The second-order valence-corrected chi connectivity index (χ2v) is 3.99. The first-order valence-electron chi connectivity index (χ1n) is 5.97. The Labute approximate surface area is 84.3 Å². The molecule has 0 radical (unpaired) electrons. The first-order chi connectivity index (χ1) is 6.29. The number of unbranched alkanes of at least 4 members (excludes halogenated alkanes) is 1. The lowest BCUT2D eigenvalue weighted by Crippen LogP contribution is -2.33. The normalized spacial score (nSPS) is 15.7. The molecule has 1 heteroatoms. The second kappa shape index (κ2) is 8.55. The third kappa shape index (κ3) is 5.30. The molecule has 0 aliphatic rings. The Balaban J connectivity index is 3.84. The van der Waals surface area contributed by atoms with E-state index in [2.05, 4.69) is 33.1 Å². The van der Waals surface area contributed by atoms with E-state index in [0.717, 1.165) is 12.0 Å². The largest absolute Gasteiger partial charge is 0.317 e. The Morgan fingerprint density at radius 3 is 2.08 bits per heavy atom. The lowest BCUT2D eigenvalue weighted by Gasteiger charge is -2.25. The summed E-state index contributed by atoms with van der Waals surface area (Å²) in [6, 6.07) is 0.751. The monoisotopic (exact) mass is 185 g/mol. The average Bonchev–Trinajstić information content (AvgIpc) is 2.17. The lowest BCUT2D eigenvalue weighted by molar-refractivity contribution is 0.315. The third-order valence-corrected chi connectivity index (χ3v) is 2.99. The predicted octanol–water partition coefficient (Wildman–Crippen LogP) is 3.59. The van der Waals surface area contributed by atoms with Crippen LogP contribution in [0.15, 0.2) is 0 Å². The fourth-order valence-electron chi connectivity index (χ4n) is 2.08. The maximum atomic E-state index is 3.46. The number of nitrogens with one attached hydrogen (secondary N) is 1. The van der Waals surface area contributed by atoms with Crippen LogP contribution in [0, 0.1) is 5.92 Å². The Morgan fingerprint density at radius 2 is 1.69 bits per heavy atom. The molecule has 0 heterocycles. The van der Waals surface area contributed by atoms with Crippen LogP contribution >= 0.6 is 0 Å². The van der Waals surface area contributed by atoms with E-state index in [9.17, 15) is 0 Å². The lowest BCUT2D eigenvalue weighted by atomic mass is 9.89. The number of rotatable bonds is 8. The van der Waals surface area contributed by atoms with Crippen LogP contribution in [-0.2, 0) is 0 Å². The minimum absolute atomic E-state index is 0.751. The van der Waals surface area contributed by atoms with E-state index in [1.807, 2.05) is 0 Å². The molecule has 0 aromatic heterocycles. The van der Waals surface area contributed by atoms with Crippen LogP contribution in [0.25, 0.3) is 0 Å². The van der Waals surface area contributed by atoms with Gasteiger partial charge in [0.15, 0.2) is 0 Å². The second-order valence-electron chi connectivity index (χ2n) is 3.99. The van der Waals surface area contributed by atoms with Crippen LogP contribution in [0.1, 0.15) is 59.3 Å². The minimum atomic E-state index is 0.751. The molecule has 0 saturated heterocycles. The van der Waals surface area contributed by atoms with Gasteiger partial charge in [0.2, 0.25) is 0 Å². The highest BCUT2D eigenvalue weighted by Gasteiger charge is 2.16. The summed E-state index contributed by atoms with van der Waals surface area (Å²) in [5, 5.41) is 3.46. The molecule has 80 valence electrons. The van der Waals surface area contributed by atoms with Crippen LogP contribution in [0.5, 0.6) is 0 Å². The molecule has 0 saturated carbocycles. The fraction of sp³-hybridized carbons (Fsp3) is 1.00. The summed E-state index contributed by atoms with van der Waals surface area (Å²) < 4.78 is 0. The van der Waals surface area contributed by atoms with Crippen molar-refractivity contribution in [2.75, 3.05) is 7.05 Å². The molecule has 0 aromatic rings. The average molecular weight is 185 g/mol. The zero-order chi connectivity index (χ0) is 10.1. The van der Waals surface area contributed by atoms with Gasteiger partial charge in [-0.2, -0.15) is 0 Å². The summed E-state index contributed by atoms with van der Waals surface area (Å²) >= 11 is 0. The van der Waals surface area contributed by atoms with E-state index in [-0.39, 0.29) is 0 Å². The molecule has 0 amide bonds. The molecule has 0 aromatic carbocycles. The highest BCUT2D eigenvalue weighted by Crippen LogP contribution is 2.19. The highest BCUT2D eigenvalue weighted by atomic mass is 14.9. The van der Waals surface area contributed by atoms with Gasteiger partial charge in [-0.3, -0.25) is 0 Å². The van der Waals surface area contributed by atoms with Crippen molar-refractivity contribution in [3.63, 3.8) is 0 Å². The van der Waals surface area contributed by atoms with E-state index in [1.54, 1.807) is 0 Å². The summed E-state index contributed by atoms with van der Waals surface area (Å²) in [5.74, 6) is 0.893. The van der Waals surface area contributed by atoms with E-state index in [1.165, 1.54) is 38.5 Å². The van der Waals surface area contributed by atoms with Crippen molar-refractivity contribution >= 4 is 0 Å². The summed E-state index contributed by atoms with van der Waals surface area (Å²) in [6.45, 7) is 6.87. The van der Waals surface area contributed by atoms with Gasteiger partial charge in [-0.1, -0.05) is 46.5 Å². The van der Waals surface area contributed by atoms with Crippen molar-refractivity contribution in [1.82, 2.24) is 5.32 Å². The van der Waals surface area contributed by atoms with Crippen LogP contribution in [0.3, 0.4) is 0 Å². The summed E-state index contributed by atoms with van der Waals surface area (Å²) in [4.78, 5) is 0. The van der Waals surface area contributed by atoms with Crippen molar-refractivity contribution in [3.05, 3.63) is 0 Å². The molecular weight excluding hydrogens is 158 g/mol. The summed E-state index contributed by atoms with van der Waals surface area (Å²) in [5.41, 5.74) is 0. The fourth-order valence-corrected chi connectivity index (χ4v) is 2.08. The zero-order valence-electron chi connectivity index (χ0n) is 9.90. The molecule has 1 nitrogen and oxygen atoms in total. The van der Waals surface area contributed by atoms with Crippen LogP contribution in [0.2, 0.25) is 0 Å². The van der Waals surface area contributed by atoms with Gasteiger partial charge in [0.1, 0.15) is 0 Å². The van der Waals surface area contributed by atoms with Gasteiger partial charge in [-0.25, -0.2) is 0 Å². The Kier molecular flexibility index (Phi) is 8.53. The number of hydrogen-bond acceptors (Lipinski definition) is 1. The first kappa shape index (κ1) is 13.0. The standard InChI is InChI=1S/C12H27N/c1-5-8-10-11(7-3)12(13-4)9-6-2/h11-13H,5-10H2,1-4H3. The number of hydrogen-bond donors (Lipinski definition) is 1. The molecule has 2 unspecified atom stereocenters. The first-order valence-corrected chi connectivity index (χ1v) is 5.97. The molecule has 0 spiro atoms. The van der Waals surface area contributed by atoms with E-state index >= 15 is 0 Å². The van der Waals surface area contributed by atoms with Crippen molar-refractivity contribution in [3.8, 4) is 0 Å². The molecule has 0 aliphatic carbocycles. The summed E-state index contributed by atoms with van der Waals surface area (Å²) in [7, 11) is 2.11. The van der Waals surface area contributed by atoms with Gasteiger partial charge in [0.05, 0.1) is 0 Å². The maximum Gasteiger partial charge on any atom is 0.00921 e. The molecular formula is C12H27N. The van der Waals surface area contributed by atoms with Crippen molar-refractivity contribution in [1.29, 1.82) is 0 Å². The van der Waals surface area contributed by atoms with Crippen LogP contribution in [-0.4, -0.2) is 13.1 Å². The minimum Gasteiger partial charge on any atom is -0.317 e. The maximum absolute atomic E-state index is 3.46. The van der Waals surface area contributed by atoms with Crippen LogP contribution in [0.4, 0.5) is 0 Å². The molecule has 0 fully saturated rings. The van der Waals surface area contributed by atoms with Crippen molar-refractivity contribution in [2.45, 2.75) is 65.3 Å². The van der Waals surface area contributed by atoms with Gasteiger partial charge >= 0.3 is 0 Å². The highest BCUT2D eigenvalue weighted by molar-refractivity contribution is 4.73. The van der Waals surface area contributed by atoms with Gasteiger partial charge in [0, 0.05) is 6.04 Å². The van der Waals surface area contributed by atoms with E-state index < -0.39 is 0 Å². The molecule has 0 rings (SSSR count). The quantitative estimate of drug-likeness (QED) is 0.609. The molecule has 0 aliphatic heterocycles. The van der Waals surface area contributed by atoms with E-state index in [0.29, 0.717) is 0 Å². The third-order valence-electron chi connectivity index (χ3n) is 2.99. The van der Waals surface area contributed by atoms with E-state index in [4.69, 9.17) is 0 Å². The summed E-state index contributed by atoms with van der Waals surface area (Å²) in [6.07, 6.45) is 8.08. The Morgan fingerprint density at radius 1 is 1.00 bits per heavy atom. The van der Waals surface area contributed by atoms with Crippen LogP contribution < -0.4 is 5.32 Å². The van der Waals surface area contributed by atoms with Gasteiger partial charge < -0.3 is 5.32 Å². The van der Waals surface area contributed by atoms with Crippen molar-refractivity contribution < 1.29 is 0 Å². The van der Waals surface area contributed by atoms with Gasteiger partial charge in [0.25, 0.3) is 0 Å². The topological polar surface area (TPSA) is 12.0 Å². The SMILES string of the molecule is CCCCC(CC)C(CCC)NC. The van der Waals surface area contributed by atoms with Gasteiger partial charge in [-0.15, -0.1) is 0 Å². The predicted molar refractivity (Wildman–Crippen MR) is 61.1 cm³/mol. The zero-order valence-corrected chi connectivity index (χ0v) is 9.90. The molecule has 13 heavy (non-hydrogen) atoms. The van der Waals surface area contributed by atoms with Crippen molar-refractivity contribution in [2.24, 2.45) is 5.92 Å². The molecule has 1 N–H and O–H groups in total. The molecule has 0 bridgehead atoms. The smallest absolute Gasteiger partial charge is 0.00921 e. The molecule has 2 atom stereocenters.